The lowest BCUT2D eigenvalue weighted by Crippen LogP contribution is -2.13. The van der Waals surface area contributed by atoms with Gasteiger partial charge in [0.05, 0.1) is 6.61 Å². The summed E-state index contributed by atoms with van der Waals surface area (Å²) in [4.78, 5) is 7.37. The molecule has 0 bridgehead atoms. The number of nitrogens with one attached hydrogen (secondary N) is 2. The Morgan fingerprint density at radius 2 is 2.11 bits per heavy atom. The Balaban J connectivity index is 1.84. The molecular weight excluding hydrogens is 226 g/mol. The summed E-state index contributed by atoms with van der Waals surface area (Å²) in [7, 11) is 1.71. The van der Waals surface area contributed by atoms with Crippen LogP contribution < -0.4 is 5.32 Å². The topological polar surface area (TPSA) is 49.9 Å². The number of ether oxygens (including phenoxy) is 1. The molecule has 4 heteroatoms. The first-order chi connectivity index (χ1) is 8.78. The van der Waals surface area contributed by atoms with E-state index in [1.807, 2.05) is 13.1 Å². The number of benzene rings is 1. The summed E-state index contributed by atoms with van der Waals surface area (Å²) in [5.74, 6) is 0.953. The molecule has 2 rings (SSSR count). The van der Waals surface area contributed by atoms with E-state index in [0.29, 0.717) is 6.61 Å². The van der Waals surface area contributed by atoms with Crippen molar-refractivity contribution in [1.82, 2.24) is 15.3 Å². The van der Waals surface area contributed by atoms with Crippen LogP contribution in [0.25, 0.3) is 0 Å². The molecule has 0 amide bonds. The lowest BCUT2D eigenvalue weighted by molar-refractivity contribution is 0.185. The van der Waals surface area contributed by atoms with Crippen LogP contribution in [0.2, 0.25) is 0 Å². The molecule has 2 N–H and O–H groups in total. The van der Waals surface area contributed by atoms with Crippen molar-refractivity contribution in [3.8, 4) is 0 Å². The highest BCUT2D eigenvalue weighted by atomic mass is 16.5. The van der Waals surface area contributed by atoms with Crippen molar-refractivity contribution in [3.63, 3.8) is 0 Å². The molecule has 0 aliphatic heterocycles. The average Bonchev–Trinajstić information content (AvgIpc) is 2.76. The molecule has 0 radical (unpaired) electrons. The van der Waals surface area contributed by atoms with E-state index in [-0.39, 0.29) is 0 Å². The minimum absolute atomic E-state index is 0.660. The molecule has 4 nitrogen and oxygen atoms in total. The van der Waals surface area contributed by atoms with Gasteiger partial charge in [0.2, 0.25) is 0 Å². The van der Waals surface area contributed by atoms with Gasteiger partial charge in [-0.05, 0) is 18.1 Å². The van der Waals surface area contributed by atoms with Crippen LogP contribution in [-0.4, -0.2) is 17.1 Å². The molecule has 1 heterocycles. The number of H-pyrrole nitrogens is 1. The van der Waals surface area contributed by atoms with Crippen molar-refractivity contribution < 1.29 is 4.74 Å². The molecule has 0 fully saturated rings. The highest BCUT2D eigenvalue weighted by Gasteiger charge is 1.98. The van der Waals surface area contributed by atoms with Crippen molar-refractivity contribution in [2.24, 2.45) is 0 Å². The number of aryl methyl sites for hydroxylation is 1. The van der Waals surface area contributed by atoms with E-state index in [1.54, 1.807) is 7.11 Å². The summed E-state index contributed by atoms with van der Waals surface area (Å²) < 4.78 is 5.13. The third-order valence-electron chi connectivity index (χ3n) is 2.70. The van der Waals surface area contributed by atoms with Crippen molar-refractivity contribution in [1.29, 1.82) is 0 Å². The summed E-state index contributed by atoms with van der Waals surface area (Å²) in [5, 5.41) is 3.39. The van der Waals surface area contributed by atoms with Crippen LogP contribution in [0.4, 0.5) is 0 Å². The highest BCUT2D eigenvalue weighted by Crippen LogP contribution is 2.06. The Bertz CT molecular complexity index is 493. The number of methoxy groups -OCH3 is 1. The molecule has 0 saturated carbocycles. The lowest BCUT2D eigenvalue weighted by Gasteiger charge is -2.06. The summed E-state index contributed by atoms with van der Waals surface area (Å²) in [5.41, 5.74) is 3.58. The van der Waals surface area contributed by atoms with Gasteiger partial charge in [0, 0.05) is 32.1 Å². The molecular formula is C14H19N3O. The molecule has 96 valence electrons. The Morgan fingerprint density at radius 1 is 1.28 bits per heavy atom. The Kier molecular flexibility index (Phi) is 4.50. The summed E-state index contributed by atoms with van der Waals surface area (Å²) in [6.45, 7) is 4.26. The normalized spacial score (nSPS) is 10.8. The minimum Gasteiger partial charge on any atom is -0.380 e. The van der Waals surface area contributed by atoms with Crippen LogP contribution in [0.1, 0.15) is 22.6 Å². The SMILES string of the molecule is COCc1cccc(CNCc2cnc(C)[nH]2)c1. The molecule has 18 heavy (non-hydrogen) atoms. The maximum absolute atomic E-state index is 5.13. The van der Waals surface area contributed by atoms with Gasteiger partial charge in [-0.25, -0.2) is 4.98 Å². The fraction of sp³-hybridized carbons (Fsp3) is 0.357. The Morgan fingerprint density at radius 3 is 2.83 bits per heavy atom. The molecule has 0 spiro atoms. The molecule has 2 aromatic rings. The first kappa shape index (κ1) is 12.8. The van der Waals surface area contributed by atoms with E-state index < -0.39 is 0 Å². The smallest absolute Gasteiger partial charge is 0.103 e. The van der Waals surface area contributed by atoms with Gasteiger partial charge >= 0.3 is 0 Å². The van der Waals surface area contributed by atoms with Gasteiger partial charge in [-0.3, -0.25) is 0 Å². The third kappa shape index (κ3) is 3.68. The maximum atomic E-state index is 5.13. The van der Waals surface area contributed by atoms with Crippen LogP contribution >= 0.6 is 0 Å². The fourth-order valence-corrected chi connectivity index (χ4v) is 1.90. The number of aromatic nitrogens is 2. The van der Waals surface area contributed by atoms with E-state index in [2.05, 4.69) is 39.6 Å². The van der Waals surface area contributed by atoms with Crippen molar-refractivity contribution in [2.45, 2.75) is 26.6 Å². The van der Waals surface area contributed by atoms with Gasteiger partial charge in [0.25, 0.3) is 0 Å². The van der Waals surface area contributed by atoms with Gasteiger partial charge in [-0.15, -0.1) is 0 Å². The third-order valence-corrected chi connectivity index (χ3v) is 2.70. The zero-order valence-corrected chi connectivity index (χ0v) is 10.9. The van der Waals surface area contributed by atoms with Crippen molar-refractivity contribution >= 4 is 0 Å². The number of rotatable bonds is 6. The summed E-state index contributed by atoms with van der Waals surface area (Å²) in [6.07, 6.45) is 1.86. The number of hydrogen-bond acceptors (Lipinski definition) is 3. The van der Waals surface area contributed by atoms with Crippen LogP contribution in [-0.2, 0) is 24.4 Å². The zero-order chi connectivity index (χ0) is 12.8. The van der Waals surface area contributed by atoms with Gasteiger partial charge in [-0.1, -0.05) is 24.3 Å². The first-order valence-electron chi connectivity index (χ1n) is 6.06. The summed E-state index contributed by atoms with van der Waals surface area (Å²) >= 11 is 0. The number of aromatic amines is 1. The molecule has 0 aliphatic rings. The Hall–Kier alpha value is -1.65. The fourth-order valence-electron chi connectivity index (χ4n) is 1.90. The second kappa shape index (κ2) is 6.33. The van der Waals surface area contributed by atoms with Crippen molar-refractivity contribution in [3.05, 3.63) is 53.1 Å². The molecule has 0 atom stereocenters. The van der Waals surface area contributed by atoms with Crippen LogP contribution in [0.3, 0.4) is 0 Å². The van der Waals surface area contributed by atoms with Crippen LogP contribution in [0.15, 0.2) is 30.5 Å². The second-order valence-electron chi connectivity index (χ2n) is 4.35. The zero-order valence-electron chi connectivity index (χ0n) is 10.9. The van der Waals surface area contributed by atoms with Crippen molar-refractivity contribution in [2.75, 3.05) is 7.11 Å². The molecule has 1 aromatic carbocycles. The average molecular weight is 245 g/mol. The predicted octanol–water partition coefficient (Wildman–Crippen LogP) is 2.15. The number of hydrogen-bond donors (Lipinski definition) is 2. The quantitative estimate of drug-likeness (QED) is 0.820. The second-order valence-corrected chi connectivity index (χ2v) is 4.35. The van der Waals surface area contributed by atoms with Crippen LogP contribution in [0.5, 0.6) is 0 Å². The maximum Gasteiger partial charge on any atom is 0.103 e. The highest BCUT2D eigenvalue weighted by molar-refractivity contribution is 5.22. The molecule has 0 aliphatic carbocycles. The predicted molar refractivity (Wildman–Crippen MR) is 71.0 cm³/mol. The monoisotopic (exact) mass is 245 g/mol. The lowest BCUT2D eigenvalue weighted by atomic mass is 10.1. The minimum atomic E-state index is 0.660. The molecule has 0 unspecified atom stereocenters. The van der Waals surface area contributed by atoms with Gasteiger partial charge in [0.1, 0.15) is 5.82 Å². The standard InChI is InChI=1S/C14H19N3O/c1-11-16-9-14(17-11)8-15-7-12-4-3-5-13(6-12)10-18-2/h3-6,9,15H,7-8,10H2,1-2H3,(H,16,17). The van der Waals surface area contributed by atoms with Gasteiger partial charge in [0.15, 0.2) is 0 Å². The number of nitrogens with zero attached hydrogens (tertiary/aromatic N) is 1. The summed E-state index contributed by atoms with van der Waals surface area (Å²) in [6, 6.07) is 8.41. The largest absolute Gasteiger partial charge is 0.380 e. The van der Waals surface area contributed by atoms with Crippen LogP contribution in [0, 0.1) is 6.92 Å². The van der Waals surface area contributed by atoms with Gasteiger partial charge in [-0.2, -0.15) is 0 Å². The van der Waals surface area contributed by atoms with E-state index >= 15 is 0 Å². The molecule has 1 aromatic heterocycles. The Labute approximate surface area is 107 Å². The van der Waals surface area contributed by atoms with E-state index in [9.17, 15) is 0 Å². The first-order valence-corrected chi connectivity index (χ1v) is 6.06. The van der Waals surface area contributed by atoms with E-state index in [4.69, 9.17) is 4.74 Å². The van der Waals surface area contributed by atoms with E-state index in [1.165, 1.54) is 11.1 Å². The van der Waals surface area contributed by atoms with Gasteiger partial charge < -0.3 is 15.0 Å². The number of imidazole rings is 1. The van der Waals surface area contributed by atoms with E-state index in [0.717, 1.165) is 24.6 Å². The molecule has 0 saturated heterocycles.